The lowest BCUT2D eigenvalue weighted by atomic mass is 10.1. The molecule has 1 saturated heterocycles. The van der Waals surface area contributed by atoms with Gasteiger partial charge in [-0.15, -0.1) is 0 Å². The normalized spacial score (nSPS) is 16.0. The molecule has 1 aromatic heterocycles. The lowest BCUT2D eigenvalue weighted by molar-refractivity contribution is 0.0250. The molecule has 0 N–H and O–H groups in total. The molecular weight excluding hydrogens is 281 g/mol. The highest BCUT2D eigenvalue weighted by atomic mass is 19.1. The van der Waals surface area contributed by atoms with Crippen LogP contribution in [0.3, 0.4) is 0 Å². The van der Waals surface area contributed by atoms with Crippen LogP contribution in [0, 0.1) is 12.7 Å². The number of aromatic nitrogens is 2. The highest BCUT2D eigenvalue weighted by Crippen LogP contribution is 2.20. The number of ether oxygens (including phenoxy) is 1. The lowest BCUT2D eigenvalue weighted by Crippen LogP contribution is -2.37. The van der Waals surface area contributed by atoms with Gasteiger partial charge in [0, 0.05) is 24.8 Å². The first-order valence-corrected chi connectivity index (χ1v) is 7.60. The van der Waals surface area contributed by atoms with Crippen LogP contribution in [0.5, 0.6) is 0 Å². The van der Waals surface area contributed by atoms with Gasteiger partial charge in [-0.25, -0.2) is 14.4 Å². The molecular formula is C17H20FN3O. The second-order valence-corrected chi connectivity index (χ2v) is 5.64. The molecule has 0 unspecified atom stereocenters. The molecule has 0 bridgehead atoms. The van der Waals surface area contributed by atoms with E-state index in [9.17, 15) is 4.39 Å². The van der Waals surface area contributed by atoms with Crippen LogP contribution >= 0.6 is 0 Å². The molecule has 1 aliphatic heterocycles. The minimum atomic E-state index is -0.211. The van der Waals surface area contributed by atoms with E-state index in [1.54, 1.807) is 18.5 Å². The van der Waals surface area contributed by atoms with Crippen molar-refractivity contribution < 1.29 is 9.13 Å². The van der Waals surface area contributed by atoms with Crippen molar-refractivity contribution in [2.45, 2.75) is 32.5 Å². The molecule has 116 valence electrons. The van der Waals surface area contributed by atoms with Crippen LogP contribution in [-0.4, -0.2) is 29.2 Å². The molecule has 1 fully saturated rings. The average molecular weight is 301 g/mol. The fraction of sp³-hybridized carbons (Fsp3) is 0.412. The fourth-order valence-electron chi connectivity index (χ4n) is 2.66. The van der Waals surface area contributed by atoms with E-state index in [4.69, 9.17) is 4.74 Å². The Morgan fingerprint density at radius 2 is 1.91 bits per heavy atom. The maximum Gasteiger partial charge on any atom is 0.132 e. The van der Waals surface area contributed by atoms with Gasteiger partial charge >= 0.3 is 0 Å². The molecule has 3 rings (SSSR count). The second kappa shape index (κ2) is 6.83. The second-order valence-electron chi connectivity index (χ2n) is 5.64. The van der Waals surface area contributed by atoms with E-state index in [0.717, 1.165) is 43.0 Å². The zero-order valence-corrected chi connectivity index (χ0v) is 12.7. The van der Waals surface area contributed by atoms with Crippen LogP contribution in [0.4, 0.5) is 10.2 Å². The van der Waals surface area contributed by atoms with Gasteiger partial charge in [0.1, 0.15) is 18.0 Å². The monoisotopic (exact) mass is 301 g/mol. The van der Waals surface area contributed by atoms with Crippen molar-refractivity contribution in [1.82, 2.24) is 9.97 Å². The number of nitrogens with zero attached hydrogens (tertiary/aromatic N) is 3. The largest absolute Gasteiger partial charge is 0.373 e. The standard InChI is InChI=1S/C17H20FN3O/c1-13-10-17(20-12-19-13)21-8-6-16(7-9-21)22-11-14-2-4-15(18)5-3-14/h2-5,10,12,16H,6-9,11H2,1H3. The maximum atomic E-state index is 12.9. The molecule has 0 aliphatic carbocycles. The summed E-state index contributed by atoms with van der Waals surface area (Å²) < 4.78 is 18.8. The number of aryl methyl sites for hydroxylation is 1. The van der Waals surface area contributed by atoms with Crippen molar-refractivity contribution in [1.29, 1.82) is 0 Å². The Morgan fingerprint density at radius 3 is 2.59 bits per heavy atom. The van der Waals surface area contributed by atoms with Crippen molar-refractivity contribution in [3.05, 3.63) is 53.7 Å². The summed E-state index contributed by atoms with van der Waals surface area (Å²) in [5, 5.41) is 0. The molecule has 0 amide bonds. The third-order valence-electron chi connectivity index (χ3n) is 3.95. The number of hydrogen-bond donors (Lipinski definition) is 0. The highest BCUT2D eigenvalue weighted by Gasteiger charge is 2.20. The van der Waals surface area contributed by atoms with E-state index in [-0.39, 0.29) is 11.9 Å². The van der Waals surface area contributed by atoms with Gasteiger partial charge in [0.2, 0.25) is 0 Å². The topological polar surface area (TPSA) is 38.2 Å². The van der Waals surface area contributed by atoms with E-state index in [1.165, 1.54) is 12.1 Å². The highest BCUT2D eigenvalue weighted by molar-refractivity contribution is 5.39. The van der Waals surface area contributed by atoms with Crippen molar-refractivity contribution in [3.63, 3.8) is 0 Å². The van der Waals surface area contributed by atoms with Gasteiger partial charge < -0.3 is 9.64 Å². The van der Waals surface area contributed by atoms with Crippen molar-refractivity contribution >= 4 is 5.82 Å². The Labute approximate surface area is 130 Å². The number of halogens is 1. The zero-order valence-electron chi connectivity index (χ0n) is 12.7. The predicted octanol–water partition coefficient (Wildman–Crippen LogP) is 3.11. The summed E-state index contributed by atoms with van der Waals surface area (Å²) in [4.78, 5) is 10.7. The summed E-state index contributed by atoms with van der Waals surface area (Å²) in [6.07, 6.45) is 3.82. The van der Waals surface area contributed by atoms with Gasteiger partial charge in [-0.2, -0.15) is 0 Å². The minimum Gasteiger partial charge on any atom is -0.373 e. The van der Waals surface area contributed by atoms with Gasteiger partial charge in [0.25, 0.3) is 0 Å². The predicted molar refractivity (Wildman–Crippen MR) is 83.2 cm³/mol. The first kappa shape index (κ1) is 14.9. The molecule has 1 aliphatic rings. The van der Waals surface area contributed by atoms with Gasteiger partial charge in [0.05, 0.1) is 12.7 Å². The van der Waals surface area contributed by atoms with Crippen LogP contribution in [0.1, 0.15) is 24.1 Å². The molecule has 2 aromatic rings. The zero-order chi connectivity index (χ0) is 15.4. The van der Waals surface area contributed by atoms with E-state index < -0.39 is 0 Å². The molecule has 2 heterocycles. The molecule has 0 saturated carbocycles. The van der Waals surface area contributed by atoms with Gasteiger partial charge in [-0.1, -0.05) is 12.1 Å². The van der Waals surface area contributed by atoms with Gasteiger partial charge in [-0.3, -0.25) is 0 Å². The van der Waals surface area contributed by atoms with Crippen LogP contribution < -0.4 is 4.90 Å². The summed E-state index contributed by atoms with van der Waals surface area (Å²) in [6, 6.07) is 8.50. The van der Waals surface area contributed by atoms with Crippen molar-refractivity contribution in [2.75, 3.05) is 18.0 Å². The minimum absolute atomic E-state index is 0.211. The molecule has 0 atom stereocenters. The summed E-state index contributed by atoms with van der Waals surface area (Å²) >= 11 is 0. The lowest BCUT2D eigenvalue weighted by Gasteiger charge is -2.32. The third-order valence-corrected chi connectivity index (χ3v) is 3.95. The van der Waals surface area contributed by atoms with Crippen LogP contribution in [0.15, 0.2) is 36.7 Å². The van der Waals surface area contributed by atoms with Crippen molar-refractivity contribution in [3.8, 4) is 0 Å². The Morgan fingerprint density at radius 1 is 1.18 bits per heavy atom. The Bertz CT molecular complexity index is 610. The third kappa shape index (κ3) is 3.80. The SMILES string of the molecule is Cc1cc(N2CCC(OCc3ccc(F)cc3)CC2)ncn1. The average Bonchev–Trinajstić information content (AvgIpc) is 2.55. The number of hydrogen-bond acceptors (Lipinski definition) is 4. The van der Waals surface area contributed by atoms with Crippen LogP contribution in [0.2, 0.25) is 0 Å². The fourth-order valence-corrected chi connectivity index (χ4v) is 2.66. The smallest absolute Gasteiger partial charge is 0.132 e. The summed E-state index contributed by atoms with van der Waals surface area (Å²) in [5.74, 6) is 0.779. The van der Waals surface area contributed by atoms with E-state index in [0.29, 0.717) is 6.61 Å². The van der Waals surface area contributed by atoms with Crippen LogP contribution in [-0.2, 0) is 11.3 Å². The van der Waals surface area contributed by atoms with Gasteiger partial charge in [0.15, 0.2) is 0 Å². The van der Waals surface area contributed by atoms with E-state index >= 15 is 0 Å². The number of piperidine rings is 1. The summed E-state index contributed by atoms with van der Waals surface area (Å²) in [6.45, 7) is 4.39. The van der Waals surface area contributed by atoms with E-state index in [2.05, 4.69) is 14.9 Å². The Hall–Kier alpha value is -2.01. The molecule has 22 heavy (non-hydrogen) atoms. The maximum absolute atomic E-state index is 12.9. The molecule has 0 radical (unpaired) electrons. The van der Waals surface area contributed by atoms with Crippen molar-refractivity contribution in [2.24, 2.45) is 0 Å². The van der Waals surface area contributed by atoms with E-state index in [1.807, 2.05) is 13.0 Å². The number of rotatable bonds is 4. The number of anilines is 1. The Kier molecular flexibility index (Phi) is 4.63. The quantitative estimate of drug-likeness (QED) is 0.870. The first-order chi connectivity index (χ1) is 10.7. The molecule has 5 heteroatoms. The Balaban J connectivity index is 1.48. The molecule has 4 nitrogen and oxygen atoms in total. The molecule has 1 aromatic carbocycles. The van der Waals surface area contributed by atoms with Gasteiger partial charge in [-0.05, 0) is 37.5 Å². The van der Waals surface area contributed by atoms with Crippen LogP contribution in [0.25, 0.3) is 0 Å². The first-order valence-electron chi connectivity index (χ1n) is 7.60. The number of benzene rings is 1. The molecule has 0 spiro atoms. The summed E-state index contributed by atoms with van der Waals surface area (Å²) in [7, 11) is 0. The summed E-state index contributed by atoms with van der Waals surface area (Å²) in [5.41, 5.74) is 2.00.